The first kappa shape index (κ1) is 13.1. The number of carbonyl (C=O) groups excluding carboxylic acids is 1. The second-order valence-electron chi connectivity index (χ2n) is 5.17. The third-order valence-electron chi connectivity index (χ3n) is 3.83. The van der Waals surface area contributed by atoms with Crippen molar-refractivity contribution in [3.63, 3.8) is 0 Å². The summed E-state index contributed by atoms with van der Waals surface area (Å²) in [5, 5.41) is 4.23. The number of carbonyl (C=O) groups is 1. The molecule has 2 unspecified atom stereocenters. The molecule has 0 aromatic carbocycles. The Morgan fingerprint density at radius 1 is 1.61 bits per heavy atom. The molecule has 1 aromatic heterocycles. The highest BCUT2D eigenvalue weighted by atomic mass is 16.2. The monoisotopic (exact) mass is 250 g/mol. The molecule has 2 atom stereocenters. The number of nitrogens with two attached hydrogens (primary N) is 1. The number of amides is 1. The minimum absolute atomic E-state index is 0.0726. The first-order valence-corrected chi connectivity index (χ1v) is 6.58. The van der Waals surface area contributed by atoms with Gasteiger partial charge in [-0.1, -0.05) is 13.3 Å². The van der Waals surface area contributed by atoms with Gasteiger partial charge < -0.3 is 10.6 Å². The Kier molecular flexibility index (Phi) is 3.71. The minimum atomic E-state index is 0.0726. The number of piperidine rings is 1. The first-order chi connectivity index (χ1) is 8.52. The van der Waals surface area contributed by atoms with Gasteiger partial charge in [0.15, 0.2) is 0 Å². The molecule has 2 rings (SSSR count). The molecule has 0 saturated carbocycles. The SMILES string of the molecule is CCC1CN(C(=O)c2cc(C)nn2C)CCC1N. The third kappa shape index (κ3) is 2.41. The lowest BCUT2D eigenvalue weighted by Crippen LogP contribution is -2.49. The molecule has 18 heavy (non-hydrogen) atoms. The average Bonchev–Trinajstić information content (AvgIpc) is 2.68. The molecule has 0 bridgehead atoms. The van der Waals surface area contributed by atoms with Gasteiger partial charge >= 0.3 is 0 Å². The largest absolute Gasteiger partial charge is 0.337 e. The van der Waals surface area contributed by atoms with Crippen LogP contribution < -0.4 is 5.73 Å². The molecule has 5 nitrogen and oxygen atoms in total. The topological polar surface area (TPSA) is 64.2 Å². The zero-order chi connectivity index (χ0) is 13.3. The molecule has 1 amide bonds. The minimum Gasteiger partial charge on any atom is -0.337 e. The van der Waals surface area contributed by atoms with Crippen LogP contribution in [0.25, 0.3) is 0 Å². The van der Waals surface area contributed by atoms with Crippen LogP contribution in [0.15, 0.2) is 6.07 Å². The van der Waals surface area contributed by atoms with Gasteiger partial charge in [0.05, 0.1) is 5.69 Å². The first-order valence-electron chi connectivity index (χ1n) is 6.58. The van der Waals surface area contributed by atoms with Crippen molar-refractivity contribution in [2.75, 3.05) is 13.1 Å². The maximum absolute atomic E-state index is 12.4. The van der Waals surface area contributed by atoms with Crippen molar-refractivity contribution in [2.45, 2.75) is 32.7 Å². The van der Waals surface area contributed by atoms with Crippen molar-refractivity contribution >= 4 is 5.91 Å². The summed E-state index contributed by atoms with van der Waals surface area (Å²) < 4.78 is 1.66. The maximum atomic E-state index is 12.4. The van der Waals surface area contributed by atoms with Gasteiger partial charge in [-0.3, -0.25) is 9.48 Å². The fraction of sp³-hybridized carbons (Fsp3) is 0.692. The fourth-order valence-electron chi connectivity index (χ4n) is 2.64. The summed E-state index contributed by atoms with van der Waals surface area (Å²) in [4.78, 5) is 14.3. The molecule has 100 valence electrons. The van der Waals surface area contributed by atoms with Crippen molar-refractivity contribution < 1.29 is 4.79 Å². The zero-order valence-electron chi connectivity index (χ0n) is 11.4. The second-order valence-corrected chi connectivity index (χ2v) is 5.17. The maximum Gasteiger partial charge on any atom is 0.272 e. The standard InChI is InChI=1S/C13H22N4O/c1-4-10-8-17(6-5-11(10)14)13(18)12-7-9(2)15-16(12)3/h7,10-11H,4-6,8,14H2,1-3H3. The van der Waals surface area contributed by atoms with E-state index in [1.165, 1.54) is 0 Å². The van der Waals surface area contributed by atoms with E-state index in [9.17, 15) is 4.79 Å². The van der Waals surface area contributed by atoms with Gasteiger partial charge in [0.25, 0.3) is 5.91 Å². The Bertz CT molecular complexity index is 440. The van der Waals surface area contributed by atoms with Crippen LogP contribution in [-0.4, -0.2) is 39.7 Å². The number of nitrogens with zero attached hydrogens (tertiary/aromatic N) is 3. The highest BCUT2D eigenvalue weighted by Crippen LogP contribution is 2.20. The highest BCUT2D eigenvalue weighted by molar-refractivity contribution is 5.92. The summed E-state index contributed by atoms with van der Waals surface area (Å²) >= 11 is 0. The van der Waals surface area contributed by atoms with E-state index >= 15 is 0 Å². The van der Waals surface area contributed by atoms with Crippen LogP contribution in [0.5, 0.6) is 0 Å². The van der Waals surface area contributed by atoms with E-state index in [4.69, 9.17) is 5.73 Å². The van der Waals surface area contributed by atoms with Crippen LogP contribution >= 0.6 is 0 Å². The van der Waals surface area contributed by atoms with E-state index < -0.39 is 0 Å². The van der Waals surface area contributed by atoms with Crippen LogP contribution in [0.1, 0.15) is 35.9 Å². The van der Waals surface area contributed by atoms with Crippen LogP contribution in [0.3, 0.4) is 0 Å². The number of likely N-dealkylation sites (tertiary alicyclic amines) is 1. The van der Waals surface area contributed by atoms with Gasteiger partial charge in [-0.05, 0) is 25.3 Å². The number of hydrogen-bond donors (Lipinski definition) is 1. The molecule has 2 N–H and O–H groups in total. The quantitative estimate of drug-likeness (QED) is 0.849. The lowest BCUT2D eigenvalue weighted by atomic mass is 9.90. The normalized spacial score (nSPS) is 24.3. The van der Waals surface area contributed by atoms with Gasteiger partial charge in [0.2, 0.25) is 0 Å². The summed E-state index contributed by atoms with van der Waals surface area (Å²) in [5.74, 6) is 0.487. The lowest BCUT2D eigenvalue weighted by Gasteiger charge is -2.36. The summed E-state index contributed by atoms with van der Waals surface area (Å²) in [6, 6.07) is 2.07. The van der Waals surface area contributed by atoms with E-state index in [2.05, 4.69) is 12.0 Å². The molecular weight excluding hydrogens is 228 g/mol. The van der Waals surface area contributed by atoms with E-state index in [0.29, 0.717) is 11.6 Å². The van der Waals surface area contributed by atoms with Crippen LogP contribution in [0, 0.1) is 12.8 Å². The van der Waals surface area contributed by atoms with Gasteiger partial charge in [-0.2, -0.15) is 5.10 Å². The number of hydrogen-bond acceptors (Lipinski definition) is 3. The molecule has 1 saturated heterocycles. The molecule has 0 radical (unpaired) electrons. The third-order valence-corrected chi connectivity index (χ3v) is 3.83. The number of aryl methyl sites for hydroxylation is 2. The molecule has 5 heteroatoms. The summed E-state index contributed by atoms with van der Waals surface area (Å²) in [6.07, 6.45) is 1.91. The average molecular weight is 250 g/mol. The van der Waals surface area contributed by atoms with E-state index in [0.717, 1.165) is 31.6 Å². The molecule has 0 spiro atoms. The molecule has 2 heterocycles. The van der Waals surface area contributed by atoms with Crippen LogP contribution in [-0.2, 0) is 7.05 Å². The zero-order valence-corrected chi connectivity index (χ0v) is 11.4. The van der Waals surface area contributed by atoms with E-state index in [-0.39, 0.29) is 11.9 Å². The van der Waals surface area contributed by atoms with Crippen molar-refractivity contribution in [1.29, 1.82) is 0 Å². The molecule has 1 aliphatic heterocycles. The Morgan fingerprint density at radius 2 is 2.33 bits per heavy atom. The second kappa shape index (κ2) is 5.10. The Balaban J connectivity index is 2.12. The number of aromatic nitrogens is 2. The van der Waals surface area contributed by atoms with Gasteiger partial charge in [-0.25, -0.2) is 0 Å². The predicted molar refractivity (Wildman–Crippen MR) is 70.2 cm³/mol. The smallest absolute Gasteiger partial charge is 0.272 e. The van der Waals surface area contributed by atoms with E-state index in [1.807, 2.05) is 24.9 Å². The summed E-state index contributed by atoms with van der Waals surface area (Å²) in [5.41, 5.74) is 7.61. The Morgan fingerprint density at radius 3 is 2.89 bits per heavy atom. The van der Waals surface area contributed by atoms with Crippen molar-refractivity contribution in [2.24, 2.45) is 18.7 Å². The molecule has 1 aliphatic rings. The number of rotatable bonds is 2. The van der Waals surface area contributed by atoms with Gasteiger partial charge in [0, 0.05) is 26.2 Å². The lowest BCUT2D eigenvalue weighted by molar-refractivity contribution is 0.0638. The summed E-state index contributed by atoms with van der Waals surface area (Å²) in [6.45, 7) is 5.55. The predicted octanol–water partition coefficient (Wildman–Crippen LogP) is 0.928. The van der Waals surface area contributed by atoms with Crippen molar-refractivity contribution in [3.05, 3.63) is 17.5 Å². The van der Waals surface area contributed by atoms with Crippen molar-refractivity contribution in [1.82, 2.24) is 14.7 Å². The van der Waals surface area contributed by atoms with Crippen LogP contribution in [0.2, 0.25) is 0 Å². The van der Waals surface area contributed by atoms with Gasteiger partial charge in [0.1, 0.15) is 5.69 Å². The Hall–Kier alpha value is -1.36. The fourth-order valence-corrected chi connectivity index (χ4v) is 2.64. The molecule has 0 aliphatic carbocycles. The van der Waals surface area contributed by atoms with Crippen LogP contribution in [0.4, 0.5) is 0 Å². The Labute approximate surface area is 108 Å². The molecular formula is C13H22N4O. The summed E-state index contributed by atoms with van der Waals surface area (Å²) in [7, 11) is 1.81. The van der Waals surface area contributed by atoms with Gasteiger partial charge in [-0.15, -0.1) is 0 Å². The van der Waals surface area contributed by atoms with E-state index in [1.54, 1.807) is 4.68 Å². The molecule has 1 aromatic rings. The molecule has 1 fully saturated rings. The van der Waals surface area contributed by atoms with Crippen molar-refractivity contribution in [3.8, 4) is 0 Å². The highest BCUT2D eigenvalue weighted by Gasteiger charge is 2.29.